The van der Waals surface area contributed by atoms with Gasteiger partial charge in [-0.1, -0.05) is 17.7 Å². The van der Waals surface area contributed by atoms with E-state index in [4.69, 9.17) is 21.6 Å². The molecule has 0 spiro atoms. The van der Waals surface area contributed by atoms with Crippen molar-refractivity contribution in [2.24, 2.45) is 0 Å². The highest BCUT2D eigenvalue weighted by Crippen LogP contribution is 2.31. The fourth-order valence-corrected chi connectivity index (χ4v) is 1.86. The van der Waals surface area contributed by atoms with Crippen molar-refractivity contribution in [1.29, 1.82) is 5.26 Å². The van der Waals surface area contributed by atoms with Crippen LogP contribution in [0, 0.1) is 31.0 Å². The van der Waals surface area contributed by atoms with Gasteiger partial charge in [0.1, 0.15) is 17.4 Å². The Hall–Kier alpha value is -2.12. The first-order chi connectivity index (χ1) is 9.02. The molecule has 0 atom stereocenters. The maximum Gasteiger partial charge on any atom is 0.184 e. The number of ether oxygens (including phenoxy) is 1. The van der Waals surface area contributed by atoms with Crippen LogP contribution in [0.5, 0.6) is 11.5 Å². The third kappa shape index (κ3) is 2.67. The second kappa shape index (κ2) is 5.25. The van der Waals surface area contributed by atoms with Crippen molar-refractivity contribution in [3.63, 3.8) is 0 Å². The Bertz CT molecular complexity index is 680. The molecule has 0 aliphatic rings. The molecule has 0 aliphatic carbocycles. The third-order valence-corrected chi connectivity index (χ3v) is 2.83. The van der Waals surface area contributed by atoms with Crippen LogP contribution in [0.2, 0.25) is 5.02 Å². The highest BCUT2D eigenvalue weighted by molar-refractivity contribution is 6.30. The van der Waals surface area contributed by atoms with E-state index < -0.39 is 5.82 Å². The first-order valence-corrected chi connectivity index (χ1v) is 5.91. The molecule has 3 nitrogen and oxygen atoms in total. The van der Waals surface area contributed by atoms with Crippen LogP contribution in [0.25, 0.3) is 0 Å². The summed E-state index contributed by atoms with van der Waals surface area (Å²) in [5, 5.41) is 9.07. The van der Waals surface area contributed by atoms with E-state index in [2.05, 4.69) is 4.98 Å². The predicted molar refractivity (Wildman–Crippen MR) is 69.9 cm³/mol. The Morgan fingerprint density at radius 3 is 2.74 bits per heavy atom. The van der Waals surface area contributed by atoms with Gasteiger partial charge in [-0.3, -0.25) is 4.98 Å². The summed E-state index contributed by atoms with van der Waals surface area (Å²) in [6.45, 7) is 3.47. The zero-order valence-corrected chi connectivity index (χ0v) is 11.1. The lowest BCUT2D eigenvalue weighted by Crippen LogP contribution is -1.97. The smallest absolute Gasteiger partial charge is 0.184 e. The Morgan fingerprint density at radius 1 is 1.32 bits per heavy atom. The van der Waals surface area contributed by atoms with Crippen molar-refractivity contribution in [3.8, 4) is 17.6 Å². The molecule has 1 aromatic carbocycles. The predicted octanol–water partition coefficient (Wildman–Crippen LogP) is 4.15. The first kappa shape index (κ1) is 13.3. The Balaban J connectivity index is 2.50. The summed E-state index contributed by atoms with van der Waals surface area (Å²) >= 11 is 5.68. The van der Waals surface area contributed by atoms with Gasteiger partial charge in [-0.05, 0) is 26.0 Å². The van der Waals surface area contributed by atoms with Crippen LogP contribution in [-0.2, 0) is 0 Å². The quantitative estimate of drug-likeness (QED) is 0.827. The van der Waals surface area contributed by atoms with E-state index in [-0.39, 0.29) is 22.1 Å². The molecule has 0 aliphatic heterocycles. The van der Waals surface area contributed by atoms with Crippen molar-refractivity contribution in [3.05, 3.63) is 52.1 Å². The molecule has 0 unspecified atom stereocenters. The number of aromatic nitrogens is 1. The molecule has 0 saturated carbocycles. The standard InChI is InChI=1S/C14H10ClFN2O/c1-8-6-13(10(7-17)9(2)18-8)19-12-5-3-4-11(15)14(12)16/h3-6H,1-2H3. The van der Waals surface area contributed by atoms with Crippen LogP contribution in [-0.4, -0.2) is 4.98 Å². The molecule has 1 aromatic heterocycles. The normalized spacial score (nSPS) is 10.1. The SMILES string of the molecule is Cc1cc(Oc2cccc(Cl)c2F)c(C#N)c(C)n1. The molecule has 0 bridgehead atoms. The number of hydrogen-bond acceptors (Lipinski definition) is 3. The van der Waals surface area contributed by atoms with E-state index >= 15 is 0 Å². The van der Waals surface area contributed by atoms with Gasteiger partial charge in [0.2, 0.25) is 0 Å². The van der Waals surface area contributed by atoms with Gasteiger partial charge in [-0.15, -0.1) is 0 Å². The number of halogens is 2. The van der Waals surface area contributed by atoms with Crippen LogP contribution in [0.3, 0.4) is 0 Å². The van der Waals surface area contributed by atoms with Crippen LogP contribution in [0.4, 0.5) is 4.39 Å². The largest absolute Gasteiger partial charge is 0.453 e. The molecule has 1 heterocycles. The second-order valence-electron chi connectivity index (χ2n) is 3.99. The second-order valence-corrected chi connectivity index (χ2v) is 4.40. The van der Waals surface area contributed by atoms with Gasteiger partial charge in [0.15, 0.2) is 11.6 Å². The van der Waals surface area contributed by atoms with Crippen molar-refractivity contribution < 1.29 is 9.13 Å². The van der Waals surface area contributed by atoms with Gasteiger partial charge < -0.3 is 4.74 Å². The number of nitrogens with zero attached hydrogens (tertiary/aromatic N) is 2. The summed E-state index contributed by atoms with van der Waals surface area (Å²) in [7, 11) is 0. The Labute approximate surface area is 115 Å². The van der Waals surface area contributed by atoms with E-state index in [1.165, 1.54) is 12.1 Å². The summed E-state index contributed by atoms with van der Waals surface area (Å²) < 4.78 is 19.2. The molecule has 0 saturated heterocycles. The molecule has 19 heavy (non-hydrogen) atoms. The summed E-state index contributed by atoms with van der Waals surface area (Å²) in [6, 6.07) is 8.05. The lowest BCUT2D eigenvalue weighted by Gasteiger charge is -2.11. The van der Waals surface area contributed by atoms with Crippen molar-refractivity contribution in [1.82, 2.24) is 4.98 Å². The number of nitriles is 1. The minimum Gasteiger partial charge on any atom is -0.453 e. The van der Waals surface area contributed by atoms with Crippen LogP contribution in [0.15, 0.2) is 24.3 Å². The zero-order chi connectivity index (χ0) is 14.0. The molecule has 0 fully saturated rings. The number of pyridine rings is 1. The van der Waals surface area contributed by atoms with Gasteiger partial charge in [-0.25, -0.2) is 4.39 Å². The van der Waals surface area contributed by atoms with E-state index in [0.29, 0.717) is 11.4 Å². The van der Waals surface area contributed by atoms with Gasteiger partial charge in [0.05, 0.1) is 10.7 Å². The van der Waals surface area contributed by atoms with Crippen LogP contribution >= 0.6 is 11.6 Å². The van der Waals surface area contributed by atoms with Gasteiger partial charge >= 0.3 is 0 Å². The molecule has 96 valence electrons. The van der Waals surface area contributed by atoms with Crippen molar-refractivity contribution in [2.45, 2.75) is 13.8 Å². The molecule has 2 rings (SSSR count). The lowest BCUT2D eigenvalue weighted by molar-refractivity contribution is 0.440. The number of rotatable bonds is 2. The third-order valence-electron chi connectivity index (χ3n) is 2.54. The van der Waals surface area contributed by atoms with Gasteiger partial charge in [0, 0.05) is 11.8 Å². The average Bonchev–Trinajstić information content (AvgIpc) is 2.34. The maximum absolute atomic E-state index is 13.8. The lowest BCUT2D eigenvalue weighted by atomic mass is 10.2. The summed E-state index contributed by atoms with van der Waals surface area (Å²) in [4.78, 5) is 4.16. The van der Waals surface area contributed by atoms with E-state index in [0.717, 1.165) is 0 Å². The van der Waals surface area contributed by atoms with E-state index in [1.54, 1.807) is 26.0 Å². The molecule has 0 N–H and O–H groups in total. The minimum absolute atomic E-state index is 0.0194. The minimum atomic E-state index is -0.653. The molecular formula is C14H10ClFN2O. The zero-order valence-electron chi connectivity index (χ0n) is 10.4. The monoisotopic (exact) mass is 276 g/mol. The Kier molecular flexibility index (Phi) is 3.68. The van der Waals surface area contributed by atoms with E-state index in [9.17, 15) is 4.39 Å². The fourth-order valence-electron chi connectivity index (χ4n) is 1.69. The topological polar surface area (TPSA) is 45.9 Å². The van der Waals surface area contributed by atoms with Crippen LogP contribution < -0.4 is 4.74 Å². The number of benzene rings is 1. The van der Waals surface area contributed by atoms with Crippen molar-refractivity contribution >= 4 is 11.6 Å². The molecule has 0 amide bonds. The van der Waals surface area contributed by atoms with Crippen LogP contribution in [0.1, 0.15) is 17.0 Å². The summed E-state index contributed by atoms with van der Waals surface area (Å²) in [5.74, 6) is -0.400. The summed E-state index contributed by atoms with van der Waals surface area (Å²) in [6.07, 6.45) is 0. The molecule has 5 heteroatoms. The van der Waals surface area contributed by atoms with Crippen molar-refractivity contribution in [2.75, 3.05) is 0 Å². The average molecular weight is 277 g/mol. The molecule has 0 radical (unpaired) electrons. The maximum atomic E-state index is 13.8. The van der Waals surface area contributed by atoms with Gasteiger partial charge in [-0.2, -0.15) is 5.26 Å². The van der Waals surface area contributed by atoms with E-state index in [1.807, 2.05) is 6.07 Å². The first-order valence-electron chi connectivity index (χ1n) is 5.53. The fraction of sp³-hybridized carbons (Fsp3) is 0.143. The Morgan fingerprint density at radius 2 is 2.05 bits per heavy atom. The molecule has 2 aromatic rings. The van der Waals surface area contributed by atoms with Gasteiger partial charge in [0.25, 0.3) is 0 Å². The summed E-state index contributed by atoms with van der Waals surface area (Å²) in [5.41, 5.74) is 1.51. The number of hydrogen-bond donors (Lipinski definition) is 0. The highest BCUT2D eigenvalue weighted by Gasteiger charge is 2.13. The highest BCUT2D eigenvalue weighted by atomic mass is 35.5. The molecular weight excluding hydrogens is 267 g/mol. The number of aryl methyl sites for hydroxylation is 2.